The Morgan fingerprint density at radius 3 is 2.84 bits per heavy atom. The highest BCUT2D eigenvalue weighted by Gasteiger charge is 2.28. The van der Waals surface area contributed by atoms with E-state index in [4.69, 9.17) is 11.6 Å². The number of amides is 1. The van der Waals surface area contributed by atoms with Crippen LogP contribution in [0.1, 0.15) is 12.0 Å². The summed E-state index contributed by atoms with van der Waals surface area (Å²) in [4.78, 5) is 11.5. The van der Waals surface area contributed by atoms with E-state index in [1.165, 1.54) is 11.8 Å². The van der Waals surface area contributed by atoms with Crippen LogP contribution in [-0.4, -0.2) is 22.5 Å². The van der Waals surface area contributed by atoms with E-state index in [2.05, 4.69) is 22.1 Å². The van der Waals surface area contributed by atoms with Crippen molar-refractivity contribution >= 4 is 40.7 Å². The van der Waals surface area contributed by atoms with Crippen LogP contribution in [0.2, 0.25) is 5.02 Å². The summed E-state index contributed by atoms with van der Waals surface area (Å²) in [6.07, 6.45) is 3.95. The molecule has 1 fully saturated rings. The Hall–Kier alpha value is -1.59. The van der Waals surface area contributed by atoms with Gasteiger partial charge < -0.3 is 5.32 Å². The van der Waals surface area contributed by atoms with Crippen LogP contribution in [0, 0.1) is 0 Å². The van der Waals surface area contributed by atoms with Crippen LogP contribution in [0.5, 0.6) is 0 Å². The van der Waals surface area contributed by atoms with Crippen molar-refractivity contribution in [2.45, 2.75) is 11.7 Å². The third-order valence-electron chi connectivity index (χ3n) is 2.38. The quantitative estimate of drug-likeness (QED) is 0.527. The average Bonchev–Trinajstić information content (AvgIpc) is 2.73. The summed E-state index contributed by atoms with van der Waals surface area (Å²) < 4.78 is 0. The summed E-state index contributed by atoms with van der Waals surface area (Å²) in [6, 6.07) is 7.24. The Balaban J connectivity index is 1.98. The van der Waals surface area contributed by atoms with E-state index in [0.29, 0.717) is 16.6 Å². The fraction of sp³-hybridized carbons (Fsp3) is 0.154. The fourth-order valence-electron chi connectivity index (χ4n) is 1.46. The van der Waals surface area contributed by atoms with Gasteiger partial charge in [-0.3, -0.25) is 4.79 Å². The minimum Gasteiger partial charge on any atom is -0.303 e. The SMILES string of the molecule is C=CC[C@@H]1S/C(=N\N=C/c2ccc(Cl)cc2)NC1=O. The van der Waals surface area contributed by atoms with Crippen molar-refractivity contribution < 1.29 is 4.79 Å². The van der Waals surface area contributed by atoms with Crippen LogP contribution in [0.25, 0.3) is 0 Å². The maximum atomic E-state index is 11.5. The molecule has 98 valence electrons. The molecule has 1 aromatic rings. The van der Waals surface area contributed by atoms with Gasteiger partial charge in [0.1, 0.15) is 0 Å². The molecule has 1 amide bonds. The third-order valence-corrected chi connectivity index (χ3v) is 3.73. The van der Waals surface area contributed by atoms with Crippen LogP contribution >= 0.6 is 23.4 Å². The van der Waals surface area contributed by atoms with Crippen LogP contribution in [0.15, 0.2) is 47.1 Å². The number of hydrogen-bond acceptors (Lipinski definition) is 4. The Morgan fingerprint density at radius 2 is 2.16 bits per heavy atom. The first-order chi connectivity index (χ1) is 9.19. The van der Waals surface area contributed by atoms with Gasteiger partial charge in [-0.15, -0.1) is 11.7 Å². The van der Waals surface area contributed by atoms with Crippen molar-refractivity contribution in [2.24, 2.45) is 10.2 Å². The summed E-state index contributed by atoms with van der Waals surface area (Å²) in [7, 11) is 0. The second-order valence-electron chi connectivity index (χ2n) is 3.82. The maximum absolute atomic E-state index is 11.5. The number of nitrogens with zero attached hydrogens (tertiary/aromatic N) is 2. The molecule has 1 aliphatic heterocycles. The molecule has 6 heteroatoms. The Morgan fingerprint density at radius 1 is 1.42 bits per heavy atom. The van der Waals surface area contributed by atoms with E-state index in [-0.39, 0.29) is 11.2 Å². The zero-order valence-electron chi connectivity index (χ0n) is 10.0. The largest absolute Gasteiger partial charge is 0.303 e. The van der Waals surface area contributed by atoms with Gasteiger partial charge in [0, 0.05) is 5.02 Å². The van der Waals surface area contributed by atoms with Crippen LogP contribution in [-0.2, 0) is 4.79 Å². The van der Waals surface area contributed by atoms with Gasteiger partial charge in [0.25, 0.3) is 0 Å². The van der Waals surface area contributed by atoms with E-state index in [9.17, 15) is 4.79 Å². The molecule has 1 atom stereocenters. The zero-order valence-corrected chi connectivity index (χ0v) is 11.6. The summed E-state index contributed by atoms with van der Waals surface area (Å²) in [5.74, 6) is -0.0506. The lowest BCUT2D eigenvalue weighted by molar-refractivity contribution is -0.118. The van der Waals surface area contributed by atoms with Gasteiger partial charge in [-0.05, 0) is 24.1 Å². The van der Waals surface area contributed by atoms with Gasteiger partial charge in [0.15, 0.2) is 5.17 Å². The van der Waals surface area contributed by atoms with Gasteiger partial charge in [0.2, 0.25) is 5.91 Å². The number of carbonyl (C=O) groups excluding carboxylic acids is 1. The van der Waals surface area contributed by atoms with Gasteiger partial charge in [0.05, 0.1) is 11.5 Å². The molecule has 4 nitrogen and oxygen atoms in total. The first-order valence-corrected chi connectivity index (χ1v) is 6.90. The summed E-state index contributed by atoms with van der Waals surface area (Å²) in [5, 5.41) is 11.6. The molecule has 1 heterocycles. The van der Waals surface area contributed by atoms with E-state index in [1.807, 2.05) is 12.1 Å². The Bertz CT molecular complexity index is 539. The van der Waals surface area contributed by atoms with Crippen molar-refractivity contribution in [1.82, 2.24) is 5.32 Å². The normalized spacial score (nSPS) is 21.0. The number of nitrogens with one attached hydrogen (secondary N) is 1. The highest BCUT2D eigenvalue weighted by Crippen LogP contribution is 2.22. The third kappa shape index (κ3) is 3.94. The van der Waals surface area contributed by atoms with Crippen molar-refractivity contribution in [3.05, 3.63) is 47.5 Å². The molecule has 1 N–H and O–H groups in total. The Kier molecular flexibility index (Phi) is 4.76. The first kappa shape index (κ1) is 13.8. The average molecular weight is 294 g/mol. The number of benzene rings is 1. The van der Waals surface area contributed by atoms with Gasteiger partial charge in [-0.1, -0.05) is 41.6 Å². The molecule has 0 unspecified atom stereocenters. The van der Waals surface area contributed by atoms with Crippen LogP contribution < -0.4 is 5.32 Å². The lowest BCUT2D eigenvalue weighted by atomic mass is 10.2. The number of rotatable bonds is 4. The number of thioether (sulfide) groups is 1. The summed E-state index contributed by atoms with van der Waals surface area (Å²) in [5.41, 5.74) is 0.894. The van der Waals surface area contributed by atoms with Crippen LogP contribution in [0.4, 0.5) is 0 Å². The zero-order chi connectivity index (χ0) is 13.7. The molecule has 2 rings (SSSR count). The molecule has 1 aliphatic rings. The highest BCUT2D eigenvalue weighted by molar-refractivity contribution is 8.15. The van der Waals surface area contributed by atoms with Crippen molar-refractivity contribution in [1.29, 1.82) is 0 Å². The van der Waals surface area contributed by atoms with E-state index < -0.39 is 0 Å². The molecule has 0 saturated carbocycles. The molecule has 0 aliphatic carbocycles. The molecule has 0 spiro atoms. The van der Waals surface area contributed by atoms with Crippen molar-refractivity contribution in [3.8, 4) is 0 Å². The molecular weight excluding hydrogens is 282 g/mol. The molecule has 1 aromatic carbocycles. The number of carbonyl (C=O) groups is 1. The number of amidine groups is 1. The number of hydrogen-bond donors (Lipinski definition) is 1. The molecule has 0 bridgehead atoms. The van der Waals surface area contributed by atoms with Crippen LogP contribution in [0.3, 0.4) is 0 Å². The van der Waals surface area contributed by atoms with Gasteiger partial charge >= 0.3 is 0 Å². The first-order valence-electron chi connectivity index (χ1n) is 5.64. The molecule has 19 heavy (non-hydrogen) atoms. The number of halogens is 1. The Labute approximate surface area is 120 Å². The molecule has 1 saturated heterocycles. The van der Waals surface area contributed by atoms with E-state index >= 15 is 0 Å². The van der Waals surface area contributed by atoms with Gasteiger partial charge in [-0.25, -0.2) is 0 Å². The minimum absolute atomic E-state index is 0.0506. The summed E-state index contributed by atoms with van der Waals surface area (Å²) in [6.45, 7) is 3.62. The lowest BCUT2D eigenvalue weighted by Crippen LogP contribution is -2.24. The van der Waals surface area contributed by atoms with Gasteiger partial charge in [-0.2, -0.15) is 5.10 Å². The minimum atomic E-state index is -0.151. The second kappa shape index (κ2) is 6.54. The number of allylic oxidation sites excluding steroid dienone is 1. The predicted molar refractivity (Wildman–Crippen MR) is 80.8 cm³/mol. The second-order valence-corrected chi connectivity index (χ2v) is 5.45. The topological polar surface area (TPSA) is 53.8 Å². The van der Waals surface area contributed by atoms with E-state index in [0.717, 1.165) is 5.56 Å². The lowest BCUT2D eigenvalue weighted by Gasteiger charge is -1.97. The smallest absolute Gasteiger partial charge is 0.239 e. The maximum Gasteiger partial charge on any atom is 0.239 e. The van der Waals surface area contributed by atoms with Crippen molar-refractivity contribution in [3.63, 3.8) is 0 Å². The van der Waals surface area contributed by atoms with Crippen molar-refractivity contribution in [2.75, 3.05) is 0 Å². The highest BCUT2D eigenvalue weighted by atomic mass is 35.5. The monoisotopic (exact) mass is 293 g/mol. The fourth-order valence-corrected chi connectivity index (χ4v) is 2.50. The summed E-state index contributed by atoms with van der Waals surface area (Å²) >= 11 is 7.14. The molecular formula is C13H12ClN3OS. The molecule has 0 radical (unpaired) electrons. The standard InChI is InChI=1S/C13H12ClN3OS/c1-2-3-11-12(18)16-13(19-11)17-15-8-9-4-6-10(14)7-5-9/h2,4-8,11H,1,3H2,(H,16,17,18)/b15-8-/t11-/m0/s1. The van der Waals surface area contributed by atoms with E-state index in [1.54, 1.807) is 24.4 Å². The predicted octanol–water partition coefficient (Wildman–Crippen LogP) is 2.84. The molecule has 0 aromatic heterocycles.